The molecule has 0 aliphatic carbocycles. The van der Waals surface area contributed by atoms with E-state index in [0.29, 0.717) is 19.0 Å². The smallest absolute Gasteiger partial charge is 0.259 e. The SMILES string of the molecule is Cc1nc(S(=O)(=O)N[C@H]2COC[C@H]2Cc2ccnc3ccccc23)cn1C. The first kappa shape index (κ1) is 18.1. The molecule has 8 heteroatoms. The van der Waals surface area contributed by atoms with Crippen molar-refractivity contribution in [1.82, 2.24) is 19.3 Å². The summed E-state index contributed by atoms with van der Waals surface area (Å²) in [6.07, 6.45) is 4.04. The Kier molecular flexibility index (Phi) is 4.71. The molecule has 2 aromatic heterocycles. The van der Waals surface area contributed by atoms with E-state index in [1.807, 2.05) is 30.3 Å². The molecule has 0 amide bonds. The van der Waals surface area contributed by atoms with Crippen LogP contribution >= 0.6 is 0 Å². The zero-order chi connectivity index (χ0) is 19.0. The minimum Gasteiger partial charge on any atom is -0.379 e. The summed E-state index contributed by atoms with van der Waals surface area (Å²) in [7, 11) is -1.91. The maximum absolute atomic E-state index is 12.7. The van der Waals surface area contributed by atoms with E-state index in [0.717, 1.165) is 22.9 Å². The summed E-state index contributed by atoms with van der Waals surface area (Å²) in [5.74, 6) is 0.702. The van der Waals surface area contributed by atoms with Gasteiger partial charge < -0.3 is 9.30 Å². The summed E-state index contributed by atoms with van der Waals surface area (Å²) in [5.41, 5.74) is 2.09. The molecule has 27 heavy (non-hydrogen) atoms. The van der Waals surface area contributed by atoms with Gasteiger partial charge in [-0.25, -0.2) is 18.1 Å². The molecular formula is C19H22N4O3S. The summed E-state index contributed by atoms with van der Waals surface area (Å²) in [5, 5.41) is 1.14. The molecule has 0 saturated carbocycles. The van der Waals surface area contributed by atoms with Crippen LogP contribution < -0.4 is 4.72 Å². The van der Waals surface area contributed by atoms with Crippen molar-refractivity contribution in [2.24, 2.45) is 13.0 Å². The van der Waals surface area contributed by atoms with Gasteiger partial charge in [0.2, 0.25) is 0 Å². The van der Waals surface area contributed by atoms with Crippen molar-refractivity contribution in [3.05, 3.63) is 54.1 Å². The van der Waals surface area contributed by atoms with E-state index in [4.69, 9.17) is 4.74 Å². The second-order valence-electron chi connectivity index (χ2n) is 6.95. The average molecular weight is 386 g/mol. The zero-order valence-corrected chi connectivity index (χ0v) is 16.1. The van der Waals surface area contributed by atoms with Crippen LogP contribution in [0.2, 0.25) is 0 Å². The topological polar surface area (TPSA) is 86.1 Å². The molecule has 1 aliphatic heterocycles. The molecule has 0 unspecified atom stereocenters. The van der Waals surface area contributed by atoms with Crippen LogP contribution in [0.15, 0.2) is 47.8 Å². The number of aromatic nitrogens is 3. The van der Waals surface area contributed by atoms with Gasteiger partial charge in [0.05, 0.1) is 24.8 Å². The number of hydrogen-bond acceptors (Lipinski definition) is 5. The standard InChI is InChI=1S/C19H22N4O3S/c1-13-21-19(10-23(13)2)27(24,25)22-18-12-26-11-15(18)9-14-7-8-20-17-6-4-3-5-16(14)17/h3-8,10,15,18,22H,9,11-12H2,1-2H3/t15-,18+/m1/s1. The lowest BCUT2D eigenvalue weighted by Gasteiger charge is -2.19. The van der Waals surface area contributed by atoms with Crippen molar-refractivity contribution in [2.45, 2.75) is 24.4 Å². The number of pyridine rings is 1. The lowest BCUT2D eigenvalue weighted by atomic mass is 9.93. The normalized spacial score (nSPS) is 20.4. The monoisotopic (exact) mass is 386 g/mol. The molecule has 3 aromatic rings. The minimum absolute atomic E-state index is 0.0440. The summed E-state index contributed by atoms with van der Waals surface area (Å²) in [6.45, 7) is 2.65. The molecule has 1 aliphatic rings. The first-order valence-corrected chi connectivity index (χ1v) is 10.3. The number of benzene rings is 1. The Balaban J connectivity index is 1.55. The zero-order valence-electron chi connectivity index (χ0n) is 15.3. The number of aryl methyl sites for hydroxylation is 2. The fraction of sp³-hybridized carbons (Fsp3) is 0.368. The molecule has 3 heterocycles. The molecule has 7 nitrogen and oxygen atoms in total. The molecule has 4 rings (SSSR count). The molecule has 2 atom stereocenters. The minimum atomic E-state index is -3.69. The predicted octanol–water partition coefficient (Wildman–Crippen LogP) is 1.81. The summed E-state index contributed by atoms with van der Waals surface area (Å²) >= 11 is 0. The highest BCUT2D eigenvalue weighted by Crippen LogP contribution is 2.25. The predicted molar refractivity (Wildman–Crippen MR) is 102 cm³/mol. The van der Waals surface area contributed by atoms with Crippen LogP contribution in [0.5, 0.6) is 0 Å². The highest BCUT2D eigenvalue weighted by molar-refractivity contribution is 7.89. The largest absolute Gasteiger partial charge is 0.379 e. The van der Waals surface area contributed by atoms with E-state index in [-0.39, 0.29) is 17.0 Å². The number of hydrogen-bond donors (Lipinski definition) is 1. The van der Waals surface area contributed by atoms with Crippen LogP contribution in [-0.4, -0.2) is 42.2 Å². The lowest BCUT2D eigenvalue weighted by Crippen LogP contribution is -2.40. The van der Waals surface area contributed by atoms with Gasteiger partial charge in [-0.05, 0) is 31.0 Å². The maximum Gasteiger partial charge on any atom is 0.259 e. The highest BCUT2D eigenvalue weighted by atomic mass is 32.2. The molecule has 142 valence electrons. The van der Waals surface area contributed by atoms with Gasteiger partial charge in [0, 0.05) is 30.7 Å². The molecule has 0 radical (unpaired) electrons. The number of nitrogens with zero attached hydrogens (tertiary/aromatic N) is 3. The molecule has 1 aromatic carbocycles. The Labute approximate surface area is 158 Å². The second kappa shape index (κ2) is 7.03. The Morgan fingerprint density at radius 3 is 2.85 bits per heavy atom. The quantitative estimate of drug-likeness (QED) is 0.723. The molecular weight excluding hydrogens is 364 g/mol. The first-order valence-electron chi connectivity index (χ1n) is 8.87. The summed E-state index contributed by atoms with van der Waals surface area (Å²) in [4.78, 5) is 8.53. The van der Waals surface area contributed by atoms with Gasteiger partial charge in [0.25, 0.3) is 10.0 Å². The third kappa shape index (κ3) is 3.60. The van der Waals surface area contributed by atoms with Gasteiger partial charge in [-0.3, -0.25) is 4.98 Å². The third-order valence-corrected chi connectivity index (χ3v) is 6.45. The number of nitrogens with one attached hydrogen (secondary N) is 1. The van der Waals surface area contributed by atoms with Crippen LogP contribution in [0.4, 0.5) is 0 Å². The first-order chi connectivity index (χ1) is 12.9. The average Bonchev–Trinajstić information content (AvgIpc) is 3.22. The summed E-state index contributed by atoms with van der Waals surface area (Å²) in [6, 6.07) is 9.68. The van der Waals surface area contributed by atoms with Crippen molar-refractivity contribution in [1.29, 1.82) is 0 Å². The van der Waals surface area contributed by atoms with Crippen LogP contribution in [0, 0.1) is 12.8 Å². The summed E-state index contributed by atoms with van der Waals surface area (Å²) < 4.78 is 35.5. The number of ether oxygens (including phenoxy) is 1. The maximum atomic E-state index is 12.7. The number of imidazole rings is 1. The van der Waals surface area contributed by atoms with Crippen molar-refractivity contribution < 1.29 is 13.2 Å². The van der Waals surface area contributed by atoms with Crippen LogP contribution in [0.1, 0.15) is 11.4 Å². The fourth-order valence-corrected chi connectivity index (χ4v) is 4.79. The molecule has 0 spiro atoms. The number of rotatable bonds is 5. The van der Waals surface area contributed by atoms with E-state index < -0.39 is 10.0 Å². The molecule has 1 N–H and O–H groups in total. The van der Waals surface area contributed by atoms with Crippen LogP contribution in [-0.2, 0) is 28.2 Å². The number of sulfonamides is 1. The molecule has 1 saturated heterocycles. The lowest BCUT2D eigenvalue weighted by molar-refractivity contribution is 0.183. The van der Waals surface area contributed by atoms with E-state index in [9.17, 15) is 8.42 Å². The second-order valence-corrected chi connectivity index (χ2v) is 8.61. The molecule has 1 fully saturated rings. The van der Waals surface area contributed by atoms with Crippen molar-refractivity contribution in [3.8, 4) is 0 Å². The van der Waals surface area contributed by atoms with E-state index in [1.165, 1.54) is 6.20 Å². The van der Waals surface area contributed by atoms with Gasteiger partial charge in [-0.15, -0.1) is 0 Å². The van der Waals surface area contributed by atoms with E-state index >= 15 is 0 Å². The number of para-hydroxylation sites is 1. The Morgan fingerprint density at radius 1 is 1.26 bits per heavy atom. The van der Waals surface area contributed by atoms with Gasteiger partial charge in [-0.2, -0.15) is 0 Å². The highest BCUT2D eigenvalue weighted by Gasteiger charge is 2.33. The number of fused-ring (bicyclic) bond motifs is 1. The Bertz CT molecular complexity index is 1050. The van der Waals surface area contributed by atoms with Gasteiger partial charge in [0.15, 0.2) is 5.03 Å². The van der Waals surface area contributed by atoms with Crippen LogP contribution in [0.3, 0.4) is 0 Å². The third-order valence-electron chi connectivity index (χ3n) is 5.09. The van der Waals surface area contributed by atoms with Crippen LogP contribution in [0.25, 0.3) is 10.9 Å². The fourth-order valence-electron chi connectivity index (χ4n) is 3.46. The van der Waals surface area contributed by atoms with Crippen molar-refractivity contribution in [2.75, 3.05) is 13.2 Å². The Morgan fingerprint density at radius 2 is 2.07 bits per heavy atom. The Hall–Kier alpha value is -2.29. The van der Waals surface area contributed by atoms with E-state index in [2.05, 4.69) is 14.7 Å². The molecule has 0 bridgehead atoms. The van der Waals surface area contributed by atoms with Crippen molar-refractivity contribution in [3.63, 3.8) is 0 Å². The van der Waals surface area contributed by atoms with Gasteiger partial charge >= 0.3 is 0 Å². The van der Waals surface area contributed by atoms with Crippen molar-refractivity contribution >= 4 is 20.9 Å². The van der Waals surface area contributed by atoms with Gasteiger partial charge in [0.1, 0.15) is 5.82 Å². The van der Waals surface area contributed by atoms with E-state index in [1.54, 1.807) is 24.7 Å². The van der Waals surface area contributed by atoms with Gasteiger partial charge in [-0.1, -0.05) is 18.2 Å².